The lowest BCUT2D eigenvalue weighted by atomic mass is 9.99. The molecule has 3 rings (SSSR count). The molecule has 0 amide bonds. The van der Waals surface area contributed by atoms with Gasteiger partial charge in [0, 0.05) is 18.7 Å². The van der Waals surface area contributed by atoms with Crippen LogP contribution in [0.2, 0.25) is 10.0 Å². The van der Waals surface area contributed by atoms with Crippen molar-refractivity contribution in [3.8, 4) is 11.3 Å². The first-order valence-corrected chi connectivity index (χ1v) is 8.55. The van der Waals surface area contributed by atoms with E-state index < -0.39 is 0 Å². The number of benzene rings is 1. The van der Waals surface area contributed by atoms with Crippen LogP contribution in [-0.4, -0.2) is 23.0 Å². The van der Waals surface area contributed by atoms with Crippen LogP contribution in [0.3, 0.4) is 0 Å². The topological polar surface area (TPSA) is 16.4 Å². The van der Waals surface area contributed by atoms with E-state index in [1.165, 1.54) is 12.8 Å². The molecule has 1 fully saturated rings. The number of nitrogens with zero attached hydrogens (tertiary/aromatic N) is 1. The van der Waals surface area contributed by atoms with Crippen LogP contribution in [0.5, 0.6) is 0 Å². The van der Waals surface area contributed by atoms with Gasteiger partial charge in [0.05, 0.1) is 10.0 Å². The lowest BCUT2D eigenvalue weighted by molar-refractivity contribution is 0.281. The molecule has 0 unspecified atom stereocenters. The first-order chi connectivity index (χ1) is 10.5. The molecular weight excluding hydrogens is 337 g/mol. The minimum atomic E-state index is 0.518. The minimum Gasteiger partial charge on any atom is -0.454 e. The summed E-state index contributed by atoms with van der Waals surface area (Å²) in [5, 5.41) is 1.06. The third-order valence-corrected chi connectivity index (χ3v) is 5.29. The van der Waals surface area contributed by atoms with Gasteiger partial charge in [0.25, 0.3) is 0 Å². The number of piperidine rings is 1. The van der Waals surface area contributed by atoms with Crippen LogP contribution < -0.4 is 0 Å². The van der Waals surface area contributed by atoms with E-state index in [0.29, 0.717) is 10.0 Å². The quantitative estimate of drug-likeness (QED) is 0.648. The van der Waals surface area contributed by atoms with Crippen molar-refractivity contribution in [3.05, 3.63) is 46.1 Å². The molecule has 2 nitrogen and oxygen atoms in total. The Hall–Kier alpha value is -1.03. The van der Waals surface area contributed by atoms with Gasteiger partial charge in [-0.05, 0) is 49.1 Å². The summed E-state index contributed by atoms with van der Waals surface area (Å²) in [6.07, 6.45) is 2.36. The molecule has 1 aromatic carbocycles. The van der Waals surface area contributed by atoms with Crippen LogP contribution in [-0.2, 0) is 0 Å². The molecule has 22 heavy (non-hydrogen) atoms. The molecule has 0 N–H and O–H groups in total. The molecule has 1 aromatic heterocycles. The Morgan fingerprint density at radius 2 is 1.86 bits per heavy atom. The van der Waals surface area contributed by atoms with E-state index in [1.54, 1.807) is 12.1 Å². The monoisotopic (exact) mass is 353 g/mol. The average Bonchev–Trinajstić information content (AvgIpc) is 3.00. The van der Waals surface area contributed by atoms with Crippen molar-refractivity contribution in [1.29, 1.82) is 0 Å². The molecule has 116 valence electrons. The summed E-state index contributed by atoms with van der Waals surface area (Å²) >= 11 is 17.6. The summed E-state index contributed by atoms with van der Waals surface area (Å²) in [7, 11) is 0. The smallest absolute Gasteiger partial charge is 0.162 e. The van der Waals surface area contributed by atoms with Crippen LogP contribution in [0.15, 0.2) is 34.7 Å². The summed E-state index contributed by atoms with van der Waals surface area (Å²) < 4.78 is 5.92. The van der Waals surface area contributed by atoms with Gasteiger partial charge in [0.15, 0.2) is 5.76 Å². The molecule has 2 heterocycles. The van der Waals surface area contributed by atoms with Gasteiger partial charge in [0.1, 0.15) is 10.7 Å². The van der Waals surface area contributed by atoms with Crippen molar-refractivity contribution >= 4 is 40.4 Å². The lowest BCUT2D eigenvalue weighted by Gasteiger charge is -2.31. The zero-order valence-electron chi connectivity index (χ0n) is 12.3. The first kappa shape index (κ1) is 15.9. The second-order valence-electron chi connectivity index (χ2n) is 5.77. The van der Waals surface area contributed by atoms with Crippen LogP contribution in [0.1, 0.15) is 25.5 Å². The summed E-state index contributed by atoms with van der Waals surface area (Å²) in [6, 6.07) is 9.32. The van der Waals surface area contributed by atoms with Crippen molar-refractivity contribution in [2.75, 3.05) is 13.1 Å². The van der Waals surface area contributed by atoms with Crippen molar-refractivity contribution in [2.24, 2.45) is 5.92 Å². The van der Waals surface area contributed by atoms with Crippen molar-refractivity contribution < 1.29 is 4.42 Å². The van der Waals surface area contributed by atoms with Crippen molar-refractivity contribution in [1.82, 2.24) is 4.90 Å². The predicted molar refractivity (Wildman–Crippen MR) is 95.8 cm³/mol. The van der Waals surface area contributed by atoms with Crippen LogP contribution in [0, 0.1) is 5.92 Å². The number of halogens is 2. The molecule has 0 atom stereocenters. The normalized spacial score (nSPS) is 16.0. The SMILES string of the molecule is CC1CCN(C(=S)c2ccc(-c3ccc(Cl)c(Cl)c3)o2)CC1. The summed E-state index contributed by atoms with van der Waals surface area (Å²) in [6.45, 7) is 4.29. The van der Waals surface area contributed by atoms with Crippen molar-refractivity contribution in [2.45, 2.75) is 19.8 Å². The second kappa shape index (κ2) is 6.61. The van der Waals surface area contributed by atoms with Gasteiger partial charge in [0.2, 0.25) is 0 Å². The van der Waals surface area contributed by atoms with Gasteiger partial charge >= 0.3 is 0 Å². The fourth-order valence-corrected chi connectivity index (χ4v) is 3.22. The van der Waals surface area contributed by atoms with Gasteiger partial charge in [-0.15, -0.1) is 0 Å². The molecule has 0 spiro atoms. The predicted octanol–water partition coefficient (Wildman–Crippen LogP) is 5.66. The zero-order valence-corrected chi connectivity index (χ0v) is 14.6. The van der Waals surface area contributed by atoms with Gasteiger partial charge in [-0.3, -0.25) is 0 Å². The molecule has 1 aliphatic rings. The summed E-state index contributed by atoms with van der Waals surface area (Å²) in [5.41, 5.74) is 0.899. The van der Waals surface area contributed by atoms with Crippen molar-refractivity contribution in [3.63, 3.8) is 0 Å². The van der Waals surface area contributed by atoms with Gasteiger partial charge < -0.3 is 9.32 Å². The van der Waals surface area contributed by atoms with E-state index in [9.17, 15) is 0 Å². The number of furan rings is 1. The molecule has 0 aliphatic carbocycles. The summed E-state index contributed by atoms with van der Waals surface area (Å²) in [5.74, 6) is 2.27. The molecule has 0 bridgehead atoms. The highest BCUT2D eigenvalue weighted by Crippen LogP contribution is 2.30. The summed E-state index contributed by atoms with van der Waals surface area (Å²) in [4.78, 5) is 3.02. The average molecular weight is 354 g/mol. The molecule has 5 heteroatoms. The molecular formula is C17H17Cl2NOS. The van der Waals surface area contributed by atoms with E-state index in [1.807, 2.05) is 18.2 Å². The molecule has 1 saturated heterocycles. The first-order valence-electron chi connectivity index (χ1n) is 7.39. The van der Waals surface area contributed by atoms with Crippen LogP contribution in [0.4, 0.5) is 0 Å². The molecule has 2 aromatic rings. The Bertz CT molecular complexity index is 690. The minimum absolute atomic E-state index is 0.518. The standard InChI is InChI=1S/C17H17Cl2NOS/c1-11-6-8-20(9-7-11)17(22)16-5-4-15(21-16)12-2-3-13(18)14(19)10-12/h2-5,10-11H,6-9H2,1H3. The van der Waals surface area contributed by atoms with E-state index in [-0.39, 0.29) is 0 Å². The Kier molecular flexibility index (Phi) is 4.76. The highest BCUT2D eigenvalue weighted by molar-refractivity contribution is 7.80. The molecule has 0 radical (unpaired) electrons. The van der Waals surface area contributed by atoms with Gasteiger partial charge in [-0.1, -0.05) is 42.3 Å². The van der Waals surface area contributed by atoms with Gasteiger partial charge in [-0.2, -0.15) is 0 Å². The Morgan fingerprint density at radius 1 is 1.14 bits per heavy atom. The maximum atomic E-state index is 6.06. The third kappa shape index (κ3) is 3.32. The number of hydrogen-bond acceptors (Lipinski definition) is 2. The number of rotatable bonds is 2. The maximum Gasteiger partial charge on any atom is 0.162 e. The number of thiocarbonyl (C=S) groups is 1. The van der Waals surface area contributed by atoms with E-state index in [4.69, 9.17) is 39.8 Å². The zero-order chi connectivity index (χ0) is 15.7. The van der Waals surface area contributed by atoms with E-state index in [0.717, 1.165) is 41.1 Å². The third-order valence-electron chi connectivity index (χ3n) is 4.09. The fourth-order valence-electron chi connectivity index (χ4n) is 2.62. The number of likely N-dealkylation sites (tertiary alicyclic amines) is 1. The largest absolute Gasteiger partial charge is 0.454 e. The fraction of sp³-hybridized carbons (Fsp3) is 0.353. The number of hydrogen-bond donors (Lipinski definition) is 0. The van der Waals surface area contributed by atoms with Crippen LogP contribution >= 0.6 is 35.4 Å². The maximum absolute atomic E-state index is 6.06. The molecule has 0 saturated carbocycles. The Morgan fingerprint density at radius 3 is 2.55 bits per heavy atom. The van der Waals surface area contributed by atoms with E-state index >= 15 is 0 Å². The highest BCUT2D eigenvalue weighted by atomic mass is 35.5. The van der Waals surface area contributed by atoms with Crippen LogP contribution in [0.25, 0.3) is 11.3 Å². The van der Waals surface area contributed by atoms with Gasteiger partial charge in [-0.25, -0.2) is 0 Å². The Labute approximate surface area is 146 Å². The van der Waals surface area contributed by atoms with E-state index in [2.05, 4.69) is 11.8 Å². The second-order valence-corrected chi connectivity index (χ2v) is 6.97. The lowest BCUT2D eigenvalue weighted by Crippen LogP contribution is -2.37. The highest BCUT2D eigenvalue weighted by Gasteiger charge is 2.21. The molecule has 1 aliphatic heterocycles. The Balaban J connectivity index is 1.78.